The van der Waals surface area contributed by atoms with Gasteiger partial charge in [0.05, 0.1) is 16.4 Å². The van der Waals surface area contributed by atoms with Crippen LogP contribution in [0.3, 0.4) is 0 Å². The van der Waals surface area contributed by atoms with Crippen molar-refractivity contribution in [2.24, 2.45) is 0 Å². The number of aromatic nitrogens is 2. The lowest BCUT2D eigenvalue weighted by atomic mass is 10.1. The third-order valence-electron chi connectivity index (χ3n) is 3.61. The number of halogens is 2. The first kappa shape index (κ1) is 19.4. The molecular weight excluding hydrogens is 392 g/mol. The molecule has 3 rings (SSSR count). The molecule has 1 N–H and O–H groups in total. The van der Waals surface area contributed by atoms with Gasteiger partial charge in [-0.3, -0.25) is 10.1 Å². The second-order valence-corrected chi connectivity index (χ2v) is 7.58. The van der Waals surface area contributed by atoms with Gasteiger partial charge in [-0.25, -0.2) is 9.97 Å². The van der Waals surface area contributed by atoms with Crippen molar-refractivity contribution >= 4 is 33.7 Å². The minimum absolute atomic E-state index is 0.0400. The second kappa shape index (κ2) is 8.53. The molecular formula is C18H17F2N3O2S2. The van der Waals surface area contributed by atoms with Crippen LogP contribution in [-0.4, -0.2) is 22.5 Å². The fourth-order valence-corrected chi connectivity index (χ4v) is 4.24. The van der Waals surface area contributed by atoms with Crippen LogP contribution < -0.4 is 10.1 Å². The molecule has 0 aliphatic rings. The molecule has 0 unspecified atom stereocenters. The van der Waals surface area contributed by atoms with E-state index in [1.54, 1.807) is 30.5 Å². The summed E-state index contributed by atoms with van der Waals surface area (Å²) in [7, 11) is 0. The molecule has 0 aliphatic carbocycles. The largest absolute Gasteiger partial charge is 0.434 e. The van der Waals surface area contributed by atoms with Crippen LogP contribution in [0.4, 0.5) is 13.9 Å². The molecule has 1 aromatic carbocycles. The van der Waals surface area contributed by atoms with Crippen molar-refractivity contribution < 1.29 is 18.3 Å². The highest BCUT2D eigenvalue weighted by Crippen LogP contribution is 2.33. The summed E-state index contributed by atoms with van der Waals surface area (Å²) in [6.45, 7) is 0.939. The lowest BCUT2D eigenvalue weighted by Crippen LogP contribution is -2.11. The Morgan fingerprint density at radius 1 is 1.30 bits per heavy atom. The fraction of sp³-hybridized carbons (Fsp3) is 0.278. The topological polar surface area (TPSA) is 64.1 Å². The Morgan fingerprint density at radius 3 is 2.81 bits per heavy atom. The number of anilines is 1. The van der Waals surface area contributed by atoms with Crippen LogP contribution in [0.1, 0.15) is 33.7 Å². The highest BCUT2D eigenvalue weighted by atomic mass is 32.1. The molecule has 0 fully saturated rings. The predicted molar refractivity (Wildman–Crippen MR) is 103 cm³/mol. The minimum atomic E-state index is -2.92. The van der Waals surface area contributed by atoms with E-state index in [4.69, 9.17) is 0 Å². The molecule has 0 radical (unpaired) electrons. The number of nitrogens with one attached hydrogen (secondary N) is 1. The standard InChI is InChI=1S/C18H17F2N3O2S2/c1-3-6-14-21-10(2)15(27-14)16(24)23-18-22-12(9-26-18)11-7-4-5-8-13(11)25-17(19)20/h4-5,7-9,17H,3,6H2,1-2H3,(H,22,23,24). The van der Waals surface area contributed by atoms with E-state index in [1.165, 1.54) is 28.7 Å². The van der Waals surface area contributed by atoms with Crippen molar-refractivity contribution in [3.8, 4) is 17.0 Å². The summed E-state index contributed by atoms with van der Waals surface area (Å²) in [6.07, 6.45) is 1.80. The van der Waals surface area contributed by atoms with E-state index in [0.29, 0.717) is 27.0 Å². The number of hydrogen-bond acceptors (Lipinski definition) is 6. The van der Waals surface area contributed by atoms with Crippen LogP contribution in [0.15, 0.2) is 29.6 Å². The molecule has 5 nitrogen and oxygen atoms in total. The smallest absolute Gasteiger partial charge is 0.387 e. The Morgan fingerprint density at radius 2 is 2.07 bits per heavy atom. The van der Waals surface area contributed by atoms with E-state index in [0.717, 1.165) is 17.8 Å². The summed E-state index contributed by atoms with van der Waals surface area (Å²) in [5, 5.41) is 5.75. The number of alkyl halides is 2. The molecule has 1 amide bonds. The van der Waals surface area contributed by atoms with E-state index < -0.39 is 6.61 Å². The van der Waals surface area contributed by atoms with Crippen LogP contribution in [0.25, 0.3) is 11.3 Å². The van der Waals surface area contributed by atoms with Gasteiger partial charge in [0.1, 0.15) is 10.6 Å². The Bertz CT molecular complexity index is 940. The third-order valence-corrected chi connectivity index (χ3v) is 5.59. The van der Waals surface area contributed by atoms with Gasteiger partial charge in [-0.2, -0.15) is 8.78 Å². The van der Waals surface area contributed by atoms with Crippen molar-refractivity contribution in [2.45, 2.75) is 33.3 Å². The highest BCUT2D eigenvalue weighted by Gasteiger charge is 2.18. The number of carbonyl (C=O) groups excluding carboxylic acids is 1. The van der Waals surface area contributed by atoms with E-state index in [-0.39, 0.29) is 11.7 Å². The quantitative estimate of drug-likeness (QED) is 0.569. The fourth-order valence-electron chi connectivity index (χ4n) is 2.47. The average molecular weight is 409 g/mol. The van der Waals surface area contributed by atoms with Gasteiger partial charge >= 0.3 is 6.61 Å². The van der Waals surface area contributed by atoms with Crippen LogP contribution in [0, 0.1) is 6.92 Å². The molecule has 0 aliphatic heterocycles. The maximum atomic E-state index is 12.6. The molecule has 142 valence electrons. The van der Waals surface area contributed by atoms with Gasteiger partial charge in [0.25, 0.3) is 5.91 Å². The first-order valence-electron chi connectivity index (χ1n) is 8.25. The zero-order valence-electron chi connectivity index (χ0n) is 14.7. The Kier molecular flexibility index (Phi) is 6.12. The normalized spacial score (nSPS) is 11.0. The molecule has 2 aromatic heterocycles. The predicted octanol–water partition coefficient (Wildman–Crippen LogP) is 5.38. The van der Waals surface area contributed by atoms with E-state index in [1.807, 2.05) is 0 Å². The van der Waals surface area contributed by atoms with E-state index in [2.05, 4.69) is 26.9 Å². The van der Waals surface area contributed by atoms with Crippen LogP contribution in [0.2, 0.25) is 0 Å². The Labute approximate surface area is 163 Å². The highest BCUT2D eigenvalue weighted by molar-refractivity contribution is 7.15. The zero-order chi connectivity index (χ0) is 19.4. The molecule has 9 heteroatoms. The number of nitrogens with zero attached hydrogens (tertiary/aromatic N) is 2. The van der Waals surface area contributed by atoms with E-state index >= 15 is 0 Å². The number of rotatable bonds is 7. The summed E-state index contributed by atoms with van der Waals surface area (Å²) in [5.41, 5.74) is 1.58. The number of benzene rings is 1. The van der Waals surface area contributed by atoms with Crippen molar-refractivity contribution in [1.82, 2.24) is 9.97 Å². The number of hydrogen-bond donors (Lipinski definition) is 1. The van der Waals surface area contributed by atoms with Crippen molar-refractivity contribution in [2.75, 3.05) is 5.32 Å². The van der Waals surface area contributed by atoms with Crippen molar-refractivity contribution in [1.29, 1.82) is 0 Å². The number of thiazole rings is 2. The lowest BCUT2D eigenvalue weighted by molar-refractivity contribution is -0.0494. The molecule has 0 spiro atoms. The molecule has 27 heavy (non-hydrogen) atoms. The monoisotopic (exact) mass is 409 g/mol. The minimum Gasteiger partial charge on any atom is -0.434 e. The number of para-hydroxylation sites is 1. The van der Waals surface area contributed by atoms with Gasteiger partial charge in [-0.05, 0) is 31.9 Å². The average Bonchev–Trinajstić information content (AvgIpc) is 3.22. The molecule has 0 saturated carbocycles. The Hall–Kier alpha value is -2.39. The van der Waals surface area contributed by atoms with Gasteiger partial charge in [0.15, 0.2) is 5.13 Å². The number of aryl methyl sites for hydroxylation is 2. The summed E-state index contributed by atoms with van der Waals surface area (Å²) in [6, 6.07) is 6.41. The maximum Gasteiger partial charge on any atom is 0.387 e. The lowest BCUT2D eigenvalue weighted by Gasteiger charge is -2.08. The summed E-state index contributed by atoms with van der Waals surface area (Å²) >= 11 is 2.59. The van der Waals surface area contributed by atoms with Crippen molar-refractivity contribution in [3.63, 3.8) is 0 Å². The molecule has 0 saturated heterocycles. The third kappa shape index (κ3) is 4.67. The molecule has 0 bridgehead atoms. The number of amides is 1. The maximum absolute atomic E-state index is 12.6. The summed E-state index contributed by atoms with van der Waals surface area (Å²) in [4.78, 5) is 21.8. The van der Waals surface area contributed by atoms with Crippen LogP contribution >= 0.6 is 22.7 Å². The van der Waals surface area contributed by atoms with Gasteiger partial charge in [-0.1, -0.05) is 19.1 Å². The summed E-state index contributed by atoms with van der Waals surface area (Å²) < 4.78 is 29.7. The first-order valence-corrected chi connectivity index (χ1v) is 9.95. The van der Waals surface area contributed by atoms with E-state index in [9.17, 15) is 13.6 Å². The zero-order valence-corrected chi connectivity index (χ0v) is 16.3. The molecule has 0 atom stereocenters. The SMILES string of the molecule is CCCc1nc(C)c(C(=O)Nc2nc(-c3ccccc3OC(F)F)cs2)s1. The van der Waals surface area contributed by atoms with Gasteiger partial charge in [-0.15, -0.1) is 22.7 Å². The summed E-state index contributed by atoms with van der Waals surface area (Å²) in [5.74, 6) is -0.233. The number of ether oxygens (including phenoxy) is 1. The first-order chi connectivity index (χ1) is 13.0. The van der Waals surface area contributed by atoms with Crippen LogP contribution in [0.5, 0.6) is 5.75 Å². The van der Waals surface area contributed by atoms with Gasteiger partial charge in [0, 0.05) is 10.9 Å². The van der Waals surface area contributed by atoms with Gasteiger partial charge < -0.3 is 4.74 Å². The molecule has 3 aromatic rings. The Balaban J connectivity index is 1.78. The number of carbonyl (C=O) groups is 1. The molecule has 2 heterocycles. The van der Waals surface area contributed by atoms with Crippen LogP contribution in [-0.2, 0) is 6.42 Å². The second-order valence-electron chi connectivity index (χ2n) is 5.64. The van der Waals surface area contributed by atoms with Crippen molar-refractivity contribution in [3.05, 3.63) is 45.2 Å². The van der Waals surface area contributed by atoms with Gasteiger partial charge in [0.2, 0.25) is 0 Å².